The fourth-order valence-electron chi connectivity index (χ4n) is 0.949. The number of hydrogen-bond acceptors (Lipinski definition) is 2. The van der Waals surface area contributed by atoms with Crippen molar-refractivity contribution in [2.24, 2.45) is 5.73 Å². The predicted octanol–water partition coefficient (Wildman–Crippen LogP) is 2.06. The van der Waals surface area contributed by atoms with Crippen LogP contribution in [0.1, 0.15) is 5.56 Å². The van der Waals surface area contributed by atoms with Gasteiger partial charge in [0.2, 0.25) is 0 Å². The molecule has 0 heterocycles. The summed E-state index contributed by atoms with van der Waals surface area (Å²) in [6, 6.07) is 5.11. The lowest BCUT2D eigenvalue weighted by Crippen LogP contribution is -2.15. The Morgan fingerprint density at radius 1 is 1.31 bits per heavy atom. The van der Waals surface area contributed by atoms with Gasteiger partial charge in [-0.3, -0.25) is 4.79 Å². The van der Waals surface area contributed by atoms with Crippen molar-refractivity contribution in [2.75, 3.05) is 6.54 Å². The second kappa shape index (κ2) is 4.61. The molecule has 0 aliphatic rings. The maximum atomic E-state index is 11.0. The summed E-state index contributed by atoms with van der Waals surface area (Å²) >= 11 is 11.5. The van der Waals surface area contributed by atoms with Crippen LogP contribution in [0.15, 0.2) is 18.2 Å². The highest BCUT2D eigenvalue weighted by molar-refractivity contribution is 6.42. The van der Waals surface area contributed by atoms with Gasteiger partial charge in [-0.05, 0) is 17.7 Å². The van der Waals surface area contributed by atoms with Crippen LogP contribution in [0.4, 0.5) is 0 Å². The highest BCUT2D eigenvalue weighted by Crippen LogP contribution is 2.22. The molecule has 70 valence electrons. The van der Waals surface area contributed by atoms with Gasteiger partial charge >= 0.3 is 0 Å². The lowest BCUT2D eigenvalue weighted by Gasteiger charge is -2.00. The third-order valence-electron chi connectivity index (χ3n) is 1.61. The van der Waals surface area contributed by atoms with Gasteiger partial charge in [-0.25, -0.2) is 0 Å². The third-order valence-corrected chi connectivity index (χ3v) is 2.35. The summed E-state index contributed by atoms with van der Waals surface area (Å²) in [5, 5.41) is 0.953. The van der Waals surface area contributed by atoms with E-state index in [0.29, 0.717) is 16.5 Å². The normalized spacial score (nSPS) is 10.1. The molecule has 0 amide bonds. The average Bonchev–Trinajstić information content (AvgIpc) is 2.11. The minimum absolute atomic E-state index is 0.0154. The summed E-state index contributed by atoms with van der Waals surface area (Å²) in [4.78, 5) is 11.0. The van der Waals surface area contributed by atoms with Gasteiger partial charge in [0.15, 0.2) is 5.78 Å². The van der Waals surface area contributed by atoms with E-state index in [1.165, 1.54) is 0 Å². The topological polar surface area (TPSA) is 43.1 Å². The van der Waals surface area contributed by atoms with E-state index in [1.807, 2.05) is 0 Å². The lowest BCUT2D eigenvalue weighted by molar-refractivity contribution is -0.117. The molecule has 4 heteroatoms. The van der Waals surface area contributed by atoms with E-state index < -0.39 is 0 Å². The van der Waals surface area contributed by atoms with Gasteiger partial charge < -0.3 is 5.73 Å². The number of benzene rings is 1. The van der Waals surface area contributed by atoms with Gasteiger partial charge in [-0.2, -0.15) is 0 Å². The molecule has 0 unspecified atom stereocenters. The molecule has 0 atom stereocenters. The quantitative estimate of drug-likeness (QED) is 0.843. The van der Waals surface area contributed by atoms with E-state index in [4.69, 9.17) is 28.9 Å². The van der Waals surface area contributed by atoms with Crippen LogP contribution in [-0.4, -0.2) is 12.3 Å². The Labute approximate surface area is 86.6 Å². The average molecular weight is 218 g/mol. The number of halogens is 2. The van der Waals surface area contributed by atoms with E-state index >= 15 is 0 Å². The Balaban J connectivity index is 2.79. The number of ketones is 1. The molecule has 1 aromatic rings. The molecule has 2 nitrogen and oxygen atoms in total. The molecule has 0 aromatic heterocycles. The predicted molar refractivity (Wildman–Crippen MR) is 54.2 cm³/mol. The molecule has 0 aliphatic carbocycles. The highest BCUT2D eigenvalue weighted by atomic mass is 35.5. The molecule has 2 N–H and O–H groups in total. The van der Waals surface area contributed by atoms with Crippen molar-refractivity contribution in [1.82, 2.24) is 0 Å². The van der Waals surface area contributed by atoms with Crippen LogP contribution >= 0.6 is 23.2 Å². The summed E-state index contributed by atoms with van der Waals surface area (Å²) in [6.45, 7) is 0.0558. The van der Waals surface area contributed by atoms with Crippen LogP contribution in [0.3, 0.4) is 0 Å². The molecule has 0 spiro atoms. The van der Waals surface area contributed by atoms with Gasteiger partial charge in [0.25, 0.3) is 0 Å². The smallest absolute Gasteiger partial charge is 0.150 e. The molecule has 0 fully saturated rings. The third kappa shape index (κ3) is 2.99. The fourth-order valence-corrected chi connectivity index (χ4v) is 1.27. The molecule has 0 radical (unpaired) electrons. The Bertz CT molecular complexity index is 325. The Hall–Kier alpha value is -0.570. The van der Waals surface area contributed by atoms with E-state index in [1.54, 1.807) is 18.2 Å². The Morgan fingerprint density at radius 3 is 2.54 bits per heavy atom. The van der Waals surface area contributed by atoms with Crippen LogP contribution in [0.2, 0.25) is 10.0 Å². The Morgan fingerprint density at radius 2 is 2.00 bits per heavy atom. The minimum Gasteiger partial charge on any atom is -0.324 e. The first-order valence-corrected chi connectivity index (χ1v) is 4.54. The van der Waals surface area contributed by atoms with Gasteiger partial charge in [0.1, 0.15) is 0 Å². The van der Waals surface area contributed by atoms with Crippen LogP contribution in [-0.2, 0) is 11.2 Å². The molecule has 0 saturated heterocycles. The van der Waals surface area contributed by atoms with Crippen molar-refractivity contribution in [3.8, 4) is 0 Å². The summed E-state index contributed by atoms with van der Waals surface area (Å²) < 4.78 is 0. The molecule has 13 heavy (non-hydrogen) atoms. The van der Waals surface area contributed by atoms with Crippen LogP contribution < -0.4 is 5.73 Å². The number of carbonyl (C=O) groups excluding carboxylic acids is 1. The second-order valence-corrected chi connectivity index (χ2v) is 3.48. The maximum Gasteiger partial charge on any atom is 0.150 e. The zero-order chi connectivity index (χ0) is 9.84. The molecule has 1 rings (SSSR count). The largest absolute Gasteiger partial charge is 0.324 e. The minimum atomic E-state index is -0.0154. The van der Waals surface area contributed by atoms with E-state index in [9.17, 15) is 4.79 Å². The van der Waals surface area contributed by atoms with Crippen LogP contribution in [0.5, 0.6) is 0 Å². The second-order valence-electron chi connectivity index (χ2n) is 2.67. The number of Topliss-reactive ketones (excluding diaryl/α,β-unsaturated/α-hetero) is 1. The van der Waals surface area contributed by atoms with E-state index in [-0.39, 0.29) is 12.3 Å². The van der Waals surface area contributed by atoms with E-state index in [2.05, 4.69) is 0 Å². The monoisotopic (exact) mass is 217 g/mol. The first-order valence-electron chi connectivity index (χ1n) is 3.79. The first-order chi connectivity index (χ1) is 6.13. The van der Waals surface area contributed by atoms with Crippen molar-refractivity contribution >= 4 is 29.0 Å². The standard InChI is InChI=1S/C9H9Cl2NO/c10-8-2-1-6(4-9(8)11)3-7(13)5-12/h1-2,4H,3,5,12H2. The van der Waals surface area contributed by atoms with Gasteiger partial charge in [-0.1, -0.05) is 29.3 Å². The van der Waals surface area contributed by atoms with Gasteiger partial charge in [0.05, 0.1) is 16.6 Å². The maximum absolute atomic E-state index is 11.0. The molecular weight excluding hydrogens is 209 g/mol. The summed E-state index contributed by atoms with van der Waals surface area (Å²) in [6.07, 6.45) is 0.313. The number of rotatable bonds is 3. The fraction of sp³-hybridized carbons (Fsp3) is 0.222. The summed E-state index contributed by atoms with van der Waals surface area (Å²) in [7, 11) is 0. The van der Waals surface area contributed by atoms with Crippen LogP contribution in [0, 0.1) is 0 Å². The number of hydrogen-bond donors (Lipinski definition) is 1. The summed E-state index contributed by atoms with van der Waals surface area (Å²) in [5.74, 6) is -0.0154. The van der Waals surface area contributed by atoms with Crippen molar-refractivity contribution in [3.63, 3.8) is 0 Å². The highest BCUT2D eigenvalue weighted by Gasteiger charge is 2.03. The van der Waals surface area contributed by atoms with Gasteiger partial charge in [-0.15, -0.1) is 0 Å². The number of nitrogens with two attached hydrogens (primary N) is 1. The zero-order valence-corrected chi connectivity index (χ0v) is 8.40. The molecule has 0 bridgehead atoms. The SMILES string of the molecule is NCC(=O)Cc1ccc(Cl)c(Cl)c1. The molecule has 1 aromatic carbocycles. The van der Waals surface area contributed by atoms with Crippen LogP contribution in [0.25, 0.3) is 0 Å². The molecular formula is C9H9Cl2NO. The van der Waals surface area contributed by atoms with Crippen molar-refractivity contribution in [2.45, 2.75) is 6.42 Å². The van der Waals surface area contributed by atoms with Crippen molar-refractivity contribution < 1.29 is 4.79 Å². The molecule has 0 saturated carbocycles. The van der Waals surface area contributed by atoms with E-state index in [0.717, 1.165) is 5.56 Å². The lowest BCUT2D eigenvalue weighted by atomic mass is 10.1. The number of carbonyl (C=O) groups is 1. The van der Waals surface area contributed by atoms with Crippen molar-refractivity contribution in [3.05, 3.63) is 33.8 Å². The first kappa shape index (κ1) is 10.5. The van der Waals surface area contributed by atoms with Crippen molar-refractivity contribution in [1.29, 1.82) is 0 Å². The zero-order valence-electron chi connectivity index (χ0n) is 6.89. The Kier molecular flexibility index (Phi) is 3.72. The summed E-state index contributed by atoms with van der Waals surface area (Å²) in [5.41, 5.74) is 6.02. The molecule has 0 aliphatic heterocycles. The van der Waals surface area contributed by atoms with Gasteiger partial charge in [0, 0.05) is 6.42 Å².